The second kappa shape index (κ2) is 11.0. The van der Waals surface area contributed by atoms with Crippen molar-refractivity contribution in [1.29, 1.82) is 0 Å². The number of alkyl halides is 6. The topological polar surface area (TPSA) is 78.9 Å². The lowest BCUT2D eigenvalue weighted by Crippen LogP contribution is -2.55. The van der Waals surface area contributed by atoms with E-state index in [1.54, 1.807) is 20.8 Å². The van der Waals surface area contributed by atoms with E-state index < -0.39 is 43.1 Å². The first-order chi connectivity index (χ1) is 13.5. The molecular weight excluding hydrogens is 521 g/mol. The molecule has 0 saturated carbocycles. The normalized spacial score (nSPS) is 20.2. The first-order valence-corrected chi connectivity index (χ1v) is 11.4. The number of nitrogens with zero attached hydrogens (tertiary/aromatic N) is 1. The lowest BCUT2D eigenvalue weighted by Gasteiger charge is -2.34. The fraction of sp³-hybridized carbons (Fsp3) is 0.778. The number of amides is 2. The Morgan fingerprint density at radius 1 is 1.17 bits per heavy atom. The molecule has 2 N–H and O–H groups in total. The summed E-state index contributed by atoms with van der Waals surface area (Å²) in [5, 5.41) is 13.3. The molecule has 0 fully saturated rings. The Labute approximate surface area is 207 Å². The third-order valence-electron chi connectivity index (χ3n) is 4.51. The van der Waals surface area contributed by atoms with Gasteiger partial charge in [-0.3, -0.25) is 19.8 Å². The van der Waals surface area contributed by atoms with Gasteiger partial charge in [-0.05, 0) is 25.7 Å². The summed E-state index contributed by atoms with van der Waals surface area (Å²) >= 11 is 35.1. The highest BCUT2D eigenvalue weighted by molar-refractivity contribution is 6.67. The van der Waals surface area contributed by atoms with E-state index >= 15 is 0 Å². The number of ether oxygens (including phenoxy) is 1. The average molecular weight is 547 g/mol. The predicted octanol–water partition coefficient (Wildman–Crippen LogP) is 4.88. The zero-order chi connectivity index (χ0) is 23.5. The molecule has 0 aromatic rings. The van der Waals surface area contributed by atoms with Gasteiger partial charge in [0.1, 0.15) is 12.0 Å². The molecule has 1 aliphatic rings. The molecule has 0 bridgehead atoms. The number of hydrogen-bond acceptors (Lipinski definition) is 5. The largest absolute Gasteiger partial charge is 0.499 e. The molecule has 0 aliphatic carbocycles. The smallest absolute Gasteiger partial charge is 0.257 e. The van der Waals surface area contributed by atoms with Gasteiger partial charge < -0.3 is 9.84 Å². The molecule has 12 heteroatoms. The molecule has 1 aliphatic heterocycles. The van der Waals surface area contributed by atoms with E-state index in [1.165, 1.54) is 13.2 Å². The highest BCUT2D eigenvalue weighted by Gasteiger charge is 2.43. The van der Waals surface area contributed by atoms with Gasteiger partial charge in [0.15, 0.2) is 7.59 Å². The van der Waals surface area contributed by atoms with Crippen molar-refractivity contribution in [1.82, 2.24) is 10.2 Å². The van der Waals surface area contributed by atoms with Crippen molar-refractivity contribution in [3.05, 3.63) is 11.8 Å². The van der Waals surface area contributed by atoms with Gasteiger partial charge >= 0.3 is 0 Å². The number of halogens is 6. The van der Waals surface area contributed by atoms with Gasteiger partial charge in [-0.25, -0.2) is 0 Å². The van der Waals surface area contributed by atoms with E-state index in [0.29, 0.717) is 0 Å². The van der Waals surface area contributed by atoms with E-state index in [2.05, 4.69) is 5.32 Å². The number of methoxy groups -OCH3 is 1. The minimum atomic E-state index is -1.60. The second-order valence-corrected chi connectivity index (χ2v) is 13.1. The Kier molecular flexibility index (Phi) is 10.4. The Balaban J connectivity index is 3.14. The van der Waals surface area contributed by atoms with Crippen LogP contribution in [0.3, 0.4) is 0 Å². The molecule has 0 aromatic heterocycles. The molecule has 174 valence electrons. The number of carbonyl (C=O) groups excluding carboxylic acids is 2. The summed E-state index contributed by atoms with van der Waals surface area (Å²) in [5.41, 5.74) is -0.585. The summed E-state index contributed by atoms with van der Waals surface area (Å²) < 4.78 is 2.09. The van der Waals surface area contributed by atoms with E-state index in [4.69, 9.17) is 74.3 Å². The number of carbonyl (C=O) groups is 2. The molecule has 6 nitrogen and oxygen atoms in total. The predicted molar refractivity (Wildman–Crippen MR) is 122 cm³/mol. The molecule has 1 heterocycles. The van der Waals surface area contributed by atoms with Crippen LogP contribution in [0.1, 0.15) is 46.5 Å². The second-order valence-electron chi connectivity index (χ2n) is 8.11. The number of imide groups is 1. The summed E-state index contributed by atoms with van der Waals surface area (Å²) in [4.78, 5) is 27.0. The van der Waals surface area contributed by atoms with Crippen LogP contribution in [0.4, 0.5) is 0 Å². The quantitative estimate of drug-likeness (QED) is 0.335. The summed E-state index contributed by atoms with van der Waals surface area (Å²) in [5.74, 6) is -0.897. The van der Waals surface area contributed by atoms with Crippen LogP contribution in [0.2, 0.25) is 0 Å². The summed E-state index contributed by atoms with van der Waals surface area (Å²) in [6.07, 6.45) is 0.486. The van der Waals surface area contributed by atoms with Crippen LogP contribution < -0.4 is 5.32 Å². The van der Waals surface area contributed by atoms with Gasteiger partial charge in [0.2, 0.25) is 5.91 Å². The van der Waals surface area contributed by atoms with E-state index in [9.17, 15) is 14.7 Å². The number of nitrogens with one attached hydrogen (secondary N) is 1. The van der Waals surface area contributed by atoms with Crippen LogP contribution >= 0.6 is 69.6 Å². The van der Waals surface area contributed by atoms with Crippen molar-refractivity contribution in [2.24, 2.45) is 5.41 Å². The fourth-order valence-electron chi connectivity index (χ4n) is 2.79. The third-order valence-corrected chi connectivity index (χ3v) is 5.65. The van der Waals surface area contributed by atoms with Crippen LogP contribution in [0.15, 0.2) is 11.8 Å². The van der Waals surface area contributed by atoms with E-state index in [-0.39, 0.29) is 31.4 Å². The van der Waals surface area contributed by atoms with Crippen molar-refractivity contribution in [2.45, 2.75) is 72.4 Å². The minimum Gasteiger partial charge on any atom is -0.499 e. The summed E-state index contributed by atoms with van der Waals surface area (Å²) in [6, 6.07) is -1.76. The first-order valence-electron chi connectivity index (χ1n) is 9.16. The molecular formula is C18H26Cl6N2O4. The maximum atomic E-state index is 13.3. The Bertz CT molecular complexity index is 655. The molecule has 1 rings (SSSR count). The highest BCUT2D eigenvalue weighted by atomic mass is 35.6. The maximum absolute atomic E-state index is 13.3. The van der Waals surface area contributed by atoms with Crippen molar-refractivity contribution in [3.63, 3.8) is 0 Å². The molecule has 0 spiro atoms. The Morgan fingerprint density at radius 3 is 2.13 bits per heavy atom. The molecule has 2 amide bonds. The van der Waals surface area contributed by atoms with Crippen molar-refractivity contribution >= 4 is 81.4 Å². The van der Waals surface area contributed by atoms with Crippen LogP contribution in [0.25, 0.3) is 0 Å². The zero-order valence-corrected chi connectivity index (χ0v) is 21.6. The lowest BCUT2D eigenvalue weighted by molar-refractivity contribution is -0.146. The monoisotopic (exact) mass is 544 g/mol. The number of aliphatic hydroxyl groups is 1. The third kappa shape index (κ3) is 9.07. The average Bonchev–Trinajstić information content (AvgIpc) is 2.89. The van der Waals surface area contributed by atoms with Gasteiger partial charge in [0.05, 0.1) is 19.2 Å². The van der Waals surface area contributed by atoms with Crippen molar-refractivity contribution in [3.8, 4) is 0 Å². The van der Waals surface area contributed by atoms with Crippen molar-refractivity contribution in [2.75, 3.05) is 7.11 Å². The number of rotatable bonds is 8. The zero-order valence-electron chi connectivity index (χ0n) is 17.0. The summed E-state index contributed by atoms with van der Waals surface area (Å²) in [7, 11) is 1.39. The van der Waals surface area contributed by atoms with Gasteiger partial charge in [-0.1, -0.05) is 90.4 Å². The van der Waals surface area contributed by atoms with Crippen LogP contribution in [-0.2, 0) is 14.3 Å². The minimum absolute atomic E-state index is 0.0172. The van der Waals surface area contributed by atoms with Crippen LogP contribution in [-0.4, -0.2) is 54.8 Å². The molecule has 3 atom stereocenters. The molecule has 30 heavy (non-hydrogen) atoms. The first kappa shape index (κ1) is 28.4. The SMILES string of the molecule is COC1=CC(=O)N(C(=O)C(CCC(Cl)(Cl)Cl)NC(O)C(C)(C)C)C1CCC(Cl)(Cl)Cl. The van der Waals surface area contributed by atoms with E-state index in [0.717, 1.165) is 4.90 Å². The molecule has 3 unspecified atom stereocenters. The number of aliphatic hydroxyl groups excluding tert-OH is 1. The lowest BCUT2D eigenvalue weighted by atomic mass is 9.93. The van der Waals surface area contributed by atoms with Gasteiger partial charge in [0.25, 0.3) is 5.91 Å². The number of hydrogen-bond donors (Lipinski definition) is 2. The molecule has 0 radical (unpaired) electrons. The van der Waals surface area contributed by atoms with Crippen LogP contribution in [0, 0.1) is 5.41 Å². The molecule has 0 aromatic carbocycles. The van der Waals surface area contributed by atoms with Gasteiger partial charge in [0, 0.05) is 11.5 Å². The van der Waals surface area contributed by atoms with Crippen LogP contribution in [0.5, 0.6) is 0 Å². The Hall–Kier alpha value is 0.340. The van der Waals surface area contributed by atoms with E-state index in [1.807, 2.05) is 0 Å². The molecule has 0 saturated heterocycles. The van der Waals surface area contributed by atoms with Crippen molar-refractivity contribution < 1.29 is 19.4 Å². The van der Waals surface area contributed by atoms with Gasteiger partial charge in [-0.2, -0.15) is 0 Å². The standard InChI is InChI=1S/C18H26Cl6N2O4/c1-16(2,3)15(29)25-10(5-7-17(19,20)21)14(28)26-11(6-8-18(22,23)24)12(30-4)9-13(26)27/h9-11,15,25,29H,5-8H2,1-4H3. The summed E-state index contributed by atoms with van der Waals surface area (Å²) in [6.45, 7) is 5.36. The fourth-order valence-corrected chi connectivity index (χ4v) is 3.45. The Morgan fingerprint density at radius 2 is 1.70 bits per heavy atom. The van der Waals surface area contributed by atoms with Gasteiger partial charge in [-0.15, -0.1) is 0 Å². The maximum Gasteiger partial charge on any atom is 0.257 e. The highest BCUT2D eigenvalue weighted by Crippen LogP contribution is 2.36.